The number of carbonyl (C=O) groups is 1. The molecular weight excluding hydrogens is 350 g/mol. The Morgan fingerprint density at radius 2 is 1.96 bits per heavy atom. The zero-order chi connectivity index (χ0) is 17.6. The minimum Gasteiger partial charge on any atom is -0.352 e. The molecule has 0 aromatic heterocycles. The van der Waals surface area contributed by atoms with Gasteiger partial charge in [-0.15, -0.1) is 0 Å². The molecule has 1 aliphatic heterocycles. The number of benzene rings is 1. The molecule has 6 nitrogen and oxygen atoms in total. The van der Waals surface area contributed by atoms with Crippen molar-refractivity contribution in [2.45, 2.75) is 25.7 Å². The zero-order valence-electron chi connectivity index (χ0n) is 13.8. The number of sulfonamides is 1. The molecule has 2 rings (SSSR count). The number of likely N-dealkylation sites (tertiary alicyclic amines) is 1. The zero-order valence-corrected chi connectivity index (χ0v) is 15.4. The fourth-order valence-corrected chi connectivity index (χ4v) is 3.52. The first kappa shape index (κ1) is 19.0. The SMILES string of the molecule is CS(=O)(=O)Nc1ccc(Cl)c(C(=O)NCCCN2CCCCC2)c1. The summed E-state index contributed by atoms with van der Waals surface area (Å²) in [6.45, 7) is 3.82. The summed E-state index contributed by atoms with van der Waals surface area (Å²) in [7, 11) is -3.40. The number of nitrogens with zero attached hydrogens (tertiary/aromatic N) is 1. The van der Waals surface area contributed by atoms with Crippen LogP contribution >= 0.6 is 11.6 Å². The number of carbonyl (C=O) groups excluding carboxylic acids is 1. The van der Waals surface area contributed by atoms with Gasteiger partial charge in [0.05, 0.1) is 16.8 Å². The first-order valence-corrected chi connectivity index (χ1v) is 10.4. The van der Waals surface area contributed by atoms with Crippen molar-refractivity contribution in [3.63, 3.8) is 0 Å². The quantitative estimate of drug-likeness (QED) is 0.719. The predicted octanol–water partition coefficient (Wildman–Crippen LogP) is 2.32. The van der Waals surface area contributed by atoms with Crippen molar-refractivity contribution in [1.29, 1.82) is 0 Å². The molecule has 1 aromatic carbocycles. The minimum absolute atomic E-state index is 0.267. The number of anilines is 1. The summed E-state index contributed by atoms with van der Waals surface area (Å²) in [4.78, 5) is 14.7. The number of rotatable bonds is 7. The fourth-order valence-electron chi connectivity index (χ4n) is 2.76. The van der Waals surface area contributed by atoms with E-state index >= 15 is 0 Å². The molecule has 1 aliphatic rings. The van der Waals surface area contributed by atoms with Gasteiger partial charge >= 0.3 is 0 Å². The summed E-state index contributed by atoms with van der Waals surface area (Å²) >= 11 is 6.05. The molecule has 8 heteroatoms. The van der Waals surface area contributed by atoms with Gasteiger partial charge in [0.25, 0.3) is 5.91 Å². The Morgan fingerprint density at radius 3 is 2.62 bits per heavy atom. The third-order valence-electron chi connectivity index (χ3n) is 3.90. The van der Waals surface area contributed by atoms with E-state index in [4.69, 9.17) is 11.6 Å². The van der Waals surface area contributed by atoms with E-state index < -0.39 is 10.0 Å². The lowest BCUT2D eigenvalue weighted by atomic mass is 10.1. The van der Waals surface area contributed by atoms with Gasteiger partial charge in [-0.05, 0) is 57.1 Å². The Bertz CT molecular complexity index is 673. The second kappa shape index (κ2) is 8.69. The van der Waals surface area contributed by atoms with E-state index in [-0.39, 0.29) is 11.5 Å². The summed E-state index contributed by atoms with van der Waals surface area (Å²) < 4.78 is 24.9. The van der Waals surface area contributed by atoms with Crippen LogP contribution in [0.2, 0.25) is 5.02 Å². The van der Waals surface area contributed by atoms with E-state index in [1.807, 2.05) is 0 Å². The lowest BCUT2D eigenvalue weighted by molar-refractivity contribution is 0.0951. The Balaban J connectivity index is 1.85. The molecule has 24 heavy (non-hydrogen) atoms. The average molecular weight is 374 g/mol. The first-order valence-electron chi connectivity index (χ1n) is 8.13. The van der Waals surface area contributed by atoms with Crippen LogP contribution in [0.4, 0.5) is 5.69 Å². The summed E-state index contributed by atoms with van der Waals surface area (Å²) in [5.74, 6) is -0.296. The van der Waals surface area contributed by atoms with Crippen molar-refractivity contribution < 1.29 is 13.2 Å². The molecule has 2 N–H and O–H groups in total. The maximum Gasteiger partial charge on any atom is 0.252 e. The van der Waals surface area contributed by atoms with Crippen molar-refractivity contribution >= 4 is 33.2 Å². The molecule has 0 bridgehead atoms. The van der Waals surface area contributed by atoms with E-state index in [1.54, 1.807) is 0 Å². The number of hydrogen-bond acceptors (Lipinski definition) is 4. The van der Waals surface area contributed by atoms with Gasteiger partial charge in [-0.1, -0.05) is 18.0 Å². The molecule has 0 atom stereocenters. The highest BCUT2D eigenvalue weighted by Gasteiger charge is 2.13. The summed E-state index contributed by atoms with van der Waals surface area (Å²) in [5, 5.41) is 3.14. The van der Waals surface area contributed by atoms with E-state index in [0.717, 1.165) is 32.3 Å². The van der Waals surface area contributed by atoms with E-state index in [0.29, 0.717) is 17.3 Å². The monoisotopic (exact) mass is 373 g/mol. The molecule has 1 saturated heterocycles. The van der Waals surface area contributed by atoms with Crippen LogP contribution in [-0.2, 0) is 10.0 Å². The van der Waals surface area contributed by atoms with Crippen LogP contribution in [0.15, 0.2) is 18.2 Å². The van der Waals surface area contributed by atoms with Gasteiger partial charge in [0, 0.05) is 12.2 Å². The van der Waals surface area contributed by atoms with Crippen LogP contribution in [-0.4, -0.2) is 51.7 Å². The van der Waals surface area contributed by atoms with Gasteiger partial charge in [-0.25, -0.2) is 8.42 Å². The molecule has 0 radical (unpaired) electrons. The molecule has 134 valence electrons. The van der Waals surface area contributed by atoms with Gasteiger partial charge < -0.3 is 10.2 Å². The normalized spacial score (nSPS) is 15.9. The van der Waals surface area contributed by atoms with Crippen LogP contribution < -0.4 is 10.0 Å². The smallest absolute Gasteiger partial charge is 0.252 e. The maximum absolute atomic E-state index is 12.2. The topological polar surface area (TPSA) is 78.5 Å². The van der Waals surface area contributed by atoms with Crippen molar-refractivity contribution in [2.75, 3.05) is 37.2 Å². The maximum atomic E-state index is 12.2. The number of halogens is 1. The van der Waals surface area contributed by atoms with E-state index in [9.17, 15) is 13.2 Å². The van der Waals surface area contributed by atoms with Crippen LogP contribution in [0, 0.1) is 0 Å². The standard InChI is InChI=1S/C16H24ClN3O3S/c1-24(22,23)19-13-6-7-15(17)14(12-13)16(21)18-8-5-11-20-9-3-2-4-10-20/h6-7,12,19H,2-5,8-11H2,1H3,(H,18,21). The first-order chi connectivity index (χ1) is 11.3. The predicted molar refractivity (Wildman–Crippen MR) is 97.2 cm³/mol. The number of amides is 1. The van der Waals surface area contributed by atoms with Gasteiger partial charge in [-0.2, -0.15) is 0 Å². The van der Waals surface area contributed by atoms with Gasteiger partial charge in [0.2, 0.25) is 10.0 Å². The van der Waals surface area contributed by atoms with Crippen LogP contribution in [0.3, 0.4) is 0 Å². The highest BCUT2D eigenvalue weighted by atomic mass is 35.5. The third kappa shape index (κ3) is 6.30. The summed E-state index contributed by atoms with van der Waals surface area (Å²) in [6, 6.07) is 4.48. The van der Waals surface area contributed by atoms with Gasteiger partial charge in [-0.3, -0.25) is 9.52 Å². The van der Waals surface area contributed by atoms with Crippen LogP contribution in [0.1, 0.15) is 36.0 Å². The third-order valence-corrected chi connectivity index (χ3v) is 4.84. The Labute approximate surface area is 148 Å². The lowest BCUT2D eigenvalue weighted by Crippen LogP contribution is -2.33. The Morgan fingerprint density at radius 1 is 1.25 bits per heavy atom. The molecule has 0 unspecified atom stereocenters. The van der Waals surface area contributed by atoms with Crippen molar-refractivity contribution in [3.8, 4) is 0 Å². The van der Waals surface area contributed by atoms with E-state index in [2.05, 4.69) is 14.9 Å². The highest BCUT2D eigenvalue weighted by molar-refractivity contribution is 7.92. The van der Waals surface area contributed by atoms with Crippen LogP contribution in [0.5, 0.6) is 0 Å². The molecule has 0 saturated carbocycles. The minimum atomic E-state index is -3.40. The average Bonchev–Trinajstić information content (AvgIpc) is 2.53. The summed E-state index contributed by atoms with van der Waals surface area (Å²) in [6.07, 6.45) is 5.75. The number of nitrogens with one attached hydrogen (secondary N) is 2. The molecule has 1 aromatic rings. The number of hydrogen-bond donors (Lipinski definition) is 2. The molecule has 0 aliphatic carbocycles. The molecular formula is C16H24ClN3O3S. The summed E-state index contributed by atoms with van der Waals surface area (Å²) in [5.41, 5.74) is 0.587. The van der Waals surface area contributed by atoms with Crippen molar-refractivity contribution in [2.24, 2.45) is 0 Å². The second-order valence-corrected chi connectivity index (χ2v) is 8.24. The second-order valence-electron chi connectivity index (χ2n) is 6.08. The van der Waals surface area contributed by atoms with Crippen LogP contribution in [0.25, 0.3) is 0 Å². The van der Waals surface area contributed by atoms with Crippen molar-refractivity contribution in [1.82, 2.24) is 10.2 Å². The number of piperidine rings is 1. The molecule has 0 spiro atoms. The Kier molecular flexibility index (Phi) is 6.89. The molecule has 1 amide bonds. The Hall–Kier alpha value is -1.31. The van der Waals surface area contributed by atoms with Gasteiger partial charge in [0.15, 0.2) is 0 Å². The fraction of sp³-hybridized carbons (Fsp3) is 0.562. The molecule has 1 fully saturated rings. The van der Waals surface area contributed by atoms with Crippen molar-refractivity contribution in [3.05, 3.63) is 28.8 Å². The lowest BCUT2D eigenvalue weighted by Gasteiger charge is -2.26. The van der Waals surface area contributed by atoms with E-state index in [1.165, 1.54) is 37.5 Å². The van der Waals surface area contributed by atoms with Gasteiger partial charge in [0.1, 0.15) is 0 Å². The largest absolute Gasteiger partial charge is 0.352 e. The highest BCUT2D eigenvalue weighted by Crippen LogP contribution is 2.21. The molecule has 1 heterocycles.